The quantitative estimate of drug-likeness (QED) is 0.617. The first-order chi connectivity index (χ1) is 15.0. The second-order valence-corrected chi connectivity index (χ2v) is 7.33. The lowest BCUT2D eigenvalue weighted by molar-refractivity contribution is -0.138. The van der Waals surface area contributed by atoms with Crippen molar-refractivity contribution in [3.63, 3.8) is 0 Å². The van der Waals surface area contributed by atoms with Gasteiger partial charge in [-0.15, -0.1) is 0 Å². The highest BCUT2D eigenvalue weighted by Crippen LogP contribution is 2.36. The molecular weight excluding hydrogens is 398 g/mol. The lowest BCUT2D eigenvalue weighted by Gasteiger charge is -2.17. The number of rotatable bonds is 7. The Hall–Kier alpha value is -3.68. The van der Waals surface area contributed by atoms with Crippen molar-refractivity contribution in [1.82, 2.24) is 10.1 Å². The normalized spacial score (nSPS) is 12.6. The monoisotopic (exact) mass is 421 g/mol. The van der Waals surface area contributed by atoms with Crippen molar-refractivity contribution in [3.8, 4) is 28.6 Å². The third kappa shape index (κ3) is 4.14. The number of hydrogen-bond donors (Lipinski definition) is 1. The molecule has 0 fully saturated rings. The van der Waals surface area contributed by atoms with Crippen LogP contribution in [0.5, 0.6) is 5.75 Å². The predicted molar refractivity (Wildman–Crippen MR) is 114 cm³/mol. The van der Waals surface area contributed by atoms with E-state index in [1.54, 1.807) is 4.90 Å². The van der Waals surface area contributed by atoms with Crippen LogP contribution in [-0.4, -0.2) is 40.3 Å². The molecule has 2 heterocycles. The Morgan fingerprint density at radius 2 is 2.06 bits per heavy atom. The van der Waals surface area contributed by atoms with Gasteiger partial charge < -0.3 is 19.3 Å². The Bertz CT molecular complexity index is 1140. The van der Waals surface area contributed by atoms with E-state index in [0.29, 0.717) is 31.3 Å². The van der Waals surface area contributed by atoms with E-state index in [2.05, 4.69) is 10.1 Å². The zero-order valence-electron chi connectivity index (χ0n) is 17.4. The number of carbonyl (C=O) groups is 2. The van der Waals surface area contributed by atoms with E-state index in [0.717, 1.165) is 33.7 Å². The lowest BCUT2D eigenvalue weighted by atomic mass is 10.0. The Morgan fingerprint density at radius 3 is 2.84 bits per heavy atom. The molecule has 0 aliphatic carbocycles. The minimum atomic E-state index is -0.982. The molecule has 1 aromatic heterocycles. The maximum Gasteiger partial charge on any atom is 0.303 e. The minimum Gasteiger partial charge on any atom is -0.494 e. The first-order valence-electron chi connectivity index (χ1n) is 10.2. The van der Waals surface area contributed by atoms with Crippen LogP contribution in [0.1, 0.15) is 30.9 Å². The largest absolute Gasteiger partial charge is 0.494 e. The highest BCUT2D eigenvalue weighted by molar-refractivity contribution is 5.97. The zero-order valence-corrected chi connectivity index (χ0v) is 17.4. The summed E-state index contributed by atoms with van der Waals surface area (Å²) in [4.78, 5) is 29.5. The number of benzene rings is 2. The maximum atomic E-state index is 12.5. The molecule has 4 rings (SSSR count). The van der Waals surface area contributed by atoms with Crippen LogP contribution in [-0.2, 0) is 16.0 Å². The first kappa shape index (κ1) is 20.6. The fourth-order valence-corrected chi connectivity index (χ4v) is 3.75. The second-order valence-electron chi connectivity index (χ2n) is 7.33. The Kier molecular flexibility index (Phi) is 5.70. The van der Waals surface area contributed by atoms with Gasteiger partial charge in [-0.3, -0.25) is 9.59 Å². The molecule has 2 aromatic carbocycles. The molecule has 0 radical (unpaired) electrons. The Balaban J connectivity index is 1.62. The van der Waals surface area contributed by atoms with Crippen LogP contribution in [0.25, 0.3) is 22.8 Å². The molecule has 160 valence electrons. The van der Waals surface area contributed by atoms with E-state index >= 15 is 0 Å². The number of amides is 1. The molecule has 0 saturated carbocycles. The van der Waals surface area contributed by atoms with Gasteiger partial charge in [-0.25, -0.2) is 0 Å². The number of aryl methyl sites for hydroxylation is 1. The Labute approximate surface area is 179 Å². The topological polar surface area (TPSA) is 106 Å². The van der Waals surface area contributed by atoms with Crippen LogP contribution in [0.3, 0.4) is 0 Å². The molecule has 0 unspecified atom stereocenters. The van der Waals surface area contributed by atoms with E-state index in [4.69, 9.17) is 14.4 Å². The summed E-state index contributed by atoms with van der Waals surface area (Å²) in [6.07, 6.45) is 0.438. The number of nitrogens with zero attached hydrogens (tertiary/aromatic N) is 3. The number of anilines is 1. The number of carbonyl (C=O) groups excluding carboxylic acids is 1. The molecule has 1 amide bonds. The molecule has 8 heteroatoms. The predicted octanol–water partition coefficient (Wildman–Crippen LogP) is 3.86. The fourth-order valence-electron chi connectivity index (χ4n) is 3.75. The van der Waals surface area contributed by atoms with Crippen LogP contribution in [0.15, 0.2) is 40.9 Å². The SMILES string of the molecule is CCOc1cc(-c2nc(-c3cccc4c3CCN4C(=O)CCC(=O)O)no2)ccc1C. The van der Waals surface area contributed by atoms with E-state index in [-0.39, 0.29) is 18.7 Å². The molecule has 3 aromatic rings. The van der Waals surface area contributed by atoms with Gasteiger partial charge in [0.1, 0.15) is 5.75 Å². The Morgan fingerprint density at radius 1 is 1.23 bits per heavy atom. The standard InChI is InChI=1S/C23H23N3O5/c1-3-30-19-13-15(8-7-14(19)2)23-24-22(25-31-23)17-5-4-6-18-16(17)11-12-26(18)20(27)9-10-21(28)29/h4-8,13H,3,9-12H2,1-2H3,(H,28,29). The van der Waals surface area contributed by atoms with Crippen molar-refractivity contribution >= 4 is 17.6 Å². The van der Waals surface area contributed by atoms with Crippen LogP contribution in [0.4, 0.5) is 5.69 Å². The highest BCUT2D eigenvalue weighted by Gasteiger charge is 2.28. The van der Waals surface area contributed by atoms with Crippen molar-refractivity contribution in [3.05, 3.63) is 47.5 Å². The number of hydrogen-bond acceptors (Lipinski definition) is 6. The summed E-state index contributed by atoms with van der Waals surface area (Å²) in [5.74, 6) is 0.432. The summed E-state index contributed by atoms with van der Waals surface area (Å²) in [5.41, 5.74) is 4.33. The third-order valence-corrected chi connectivity index (χ3v) is 5.28. The van der Waals surface area contributed by atoms with E-state index < -0.39 is 5.97 Å². The van der Waals surface area contributed by atoms with E-state index in [1.807, 2.05) is 50.2 Å². The molecule has 1 aliphatic rings. The highest BCUT2D eigenvalue weighted by atomic mass is 16.5. The van der Waals surface area contributed by atoms with Crippen LogP contribution >= 0.6 is 0 Å². The van der Waals surface area contributed by atoms with Gasteiger partial charge in [0.05, 0.1) is 13.0 Å². The lowest BCUT2D eigenvalue weighted by Crippen LogP contribution is -2.29. The average Bonchev–Trinajstić information content (AvgIpc) is 3.41. The van der Waals surface area contributed by atoms with Crippen molar-refractivity contribution in [1.29, 1.82) is 0 Å². The van der Waals surface area contributed by atoms with Gasteiger partial charge in [0, 0.05) is 29.8 Å². The second kappa shape index (κ2) is 8.59. The van der Waals surface area contributed by atoms with Gasteiger partial charge in [0.15, 0.2) is 0 Å². The summed E-state index contributed by atoms with van der Waals surface area (Å²) < 4.78 is 11.2. The smallest absolute Gasteiger partial charge is 0.303 e. The number of aromatic nitrogens is 2. The molecule has 0 saturated heterocycles. The molecule has 31 heavy (non-hydrogen) atoms. The van der Waals surface area contributed by atoms with Crippen LogP contribution in [0, 0.1) is 6.92 Å². The number of carboxylic acids is 1. The van der Waals surface area contributed by atoms with Gasteiger partial charge >= 0.3 is 5.97 Å². The van der Waals surface area contributed by atoms with E-state index in [9.17, 15) is 9.59 Å². The van der Waals surface area contributed by atoms with E-state index in [1.165, 1.54) is 0 Å². The molecule has 0 spiro atoms. The number of fused-ring (bicyclic) bond motifs is 1. The summed E-state index contributed by atoms with van der Waals surface area (Å²) in [7, 11) is 0. The van der Waals surface area contributed by atoms with Crippen LogP contribution < -0.4 is 9.64 Å². The fraction of sp³-hybridized carbons (Fsp3) is 0.304. The van der Waals surface area contributed by atoms with Gasteiger partial charge in [0.2, 0.25) is 11.7 Å². The molecular formula is C23H23N3O5. The molecule has 0 bridgehead atoms. The summed E-state index contributed by atoms with van der Waals surface area (Å²) >= 11 is 0. The minimum absolute atomic E-state index is 0.0268. The van der Waals surface area contributed by atoms with Crippen molar-refractivity contribution in [2.75, 3.05) is 18.1 Å². The van der Waals surface area contributed by atoms with Crippen LogP contribution in [0.2, 0.25) is 0 Å². The average molecular weight is 421 g/mol. The van der Waals surface area contributed by atoms with Gasteiger partial charge in [0.25, 0.3) is 5.89 Å². The summed E-state index contributed by atoms with van der Waals surface area (Å²) in [5, 5.41) is 13.0. The number of aliphatic carboxylic acids is 1. The van der Waals surface area contributed by atoms with Gasteiger partial charge in [-0.2, -0.15) is 4.98 Å². The number of carboxylic acid groups (broad SMARTS) is 1. The molecule has 0 atom stereocenters. The number of ether oxygens (including phenoxy) is 1. The van der Waals surface area contributed by atoms with Gasteiger partial charge in [-0.1, -0.05) is 23.4 Å². The van der Waals surface area contributed by atoms with Crippen molar-refractivity contribution < 1.29 is 24.0 Å². The third-order valence-electron chi connectivity index (χ3n) is 5.28. The molecule has 8 nitrogen and oxygen atoms in total. The van der Waals surface area contributed by atoms with Crippen molar-refractivity contribution in [2.24, 2.45) is 0 Å². The van der Waals surface area contributed by atoms with Gasteiger partial charge in [-0.05, 0) is 49.6 Å². The maximum absolute atomic E-state index is 12.5. The summed E-state index contributed by atoms with van der Waals surface area (Å²) in [6.45, 7) is 4.98. The zero-order chi connectivity index (χ0) is 22.0. The van der Waals surface area contributed by atoms with Crippen molar-refractivity contribution in [2.45, 2.75) is 33.1 Å². The summed E-state index contributed by atoms with van der Waals surface area (Å²) in [6, 6.07) is 11.3. The molecule has 1 N–H and O–H groups in total. The molecule has 1 aliphatic heterocycles. The first-order valence-corrected chi connectivity index (χ1v) is 10.2.